The Hall–Kier alpha value is -2.90. The van der Waals surface area contributed by atoms with Crippen molar-refractivity contribution in [2.75, 3.05) is 36.4 Å². The van der Waals surface area contributed by atoms with Crippen molar-refractivity contribution in [1.82, 2.24) is 20.1 Å². The molecule has 8 nitrogen and oxygen atoms in total. The molecule has 1 aliphatic heterocycles. The number of aryl methyl sites for hydroxylation is 1. The number of aromatic amines is 1. The van der Waals surface area contributed by atoms with Crippen molar-refractivity contribution < 1.29 is 9.59 Å². The lowest BCUT2D eigenvalue weighted by Crippen LogP contribution is -2.51. The van der Waals surface area contributed by atoms with Crippen LogP contribution in [0.2, 0.25) is 0 Å². The van der Waals surface area contributed by atoms with Crippen LogP contribution in [0.3, 0.4) is 0 Å². The second-order valence-corrected chi connectivity index (χ2v) is 5.79. The maximum Gasteiger partial charge on any atom is 0.316 e. The summed E-state index contributed by atoms with van der Waals surface area (Å²) in [6, 6.07) is 6.23. The number of benzene rings is 1. The summed E-state index contributed by atoms with van der Waals surface area (Å²) < 4.78 is 0. The number of nitrogens with zero attached hydrogens (tertiary/aromatic N) is 4. The van der Waals surface area contributed by atoms with Crippen LogP contribution in [0.15, 0.2) is 24.5 Å². The Labute approximate surface area is 139 Å². The highest BCUT2D eigenvalue weighted by atomic mass is 16.2. The zero-order valence-corrected chi connectivity index (χ0v) is 13.7. The number of hydrogen-bond acceptors (Lipinski definition) is 5. The highest BCUT2D eigenvalue weighted by Gasteiger charge is 2.27. The van der Waals surface area contributed by atoms with E-state index in [9.17, 15) is 9.59 Å². The number of anilines is 2. The number of hydrogen-bond donors (Lipinski definition) is 2. The topological polar surface area (TPSA) is 94.2 Å². The summed E-state index contributed by atoms with van der Waals surface area (Å²) in [5, 5.41) is 8.52. The van der Waals surface area contributed by atoms with Crippen LogP contribution in [0.25, 0.3) is 0 Å². The van der Waals surface area contributed by atoms with Gasteiger partial charge < -0.3 is 9.80 Å². The highest BCUT2D eigenvalue weighted by molar-refractivity contribution is 6.39. The fraction of sp³-hybridized carbons (Fsp3) is 0.375. The zero-order valence-electron chi connectivity index (χ0n) is 13.7. The molecule has 0 aliphatic carbocycles. The number of carbonyl (C=O) groups excluding carboxylic acids is 2. The molecular weight excluding hydrogens is 308 g/mol. The number of H-pyrrole nitrogens is 1. The largest absolute Gasteiger partial charge is 0.368 e. The minimum atomic E-state index is -0.702. The molecular formula is C16H20N6O2. The number of aromatic nitrogens is 3. The van der Waals surface area contributed by atoms with Gasteiger partial charge in [-0.3, -0.25) is 14.9 Å². The van der Waals surface area contributed by atoms with E-state index >= 15 is 0 Å². The first-order valence-corrected chi connectivity index (χ1v) is 7.83. The molecule has 2 heterocycles. The van der Waals surface area contributed by atoms with Crippen LogP contribution in [-0.2, 0) is 9.59 Å². The molecule has 1 saturated heterocycles. The lowest BCUT2D eigenvalue weighted by molar-refractivity contribution is -0.143. The fourth-order valence-corrected chi connectivity index (χ4v) is 2.80. The summed E-state index contributed by atoms with van der Waals surface area (Å²) in [5.74, 6) is -1.08. The summed E-state index contributed by atoms with van der Waals surface area (Å²) in [7, 11) is 0. The van der Waals surface area contributed by atoms with Crippen LogP contribution in [0, 0.1) is 13.8 Å². The van der Waals surface area contributed by atoms with Gasteiger partial charge >= 0.3 is 11.8 Å². The maximum absolute atomic E-state index is 12.2. The minimum absolute atomic E-state index is 0.169. The van der Waals surface area contributed by atoms with Gasteiger partial charge in [0.25, 0.3) is 0 Å². The third kappa shape index (κ3) is 3.22. The van der Waals surface area contributed by atoms with E-state index in [2.05, 4.69) is 51.4 Å². The van der Waals surface area contributed by atoms with Gasteiger partial charge in [0.1, 0.15) is 6.33 Å². The van der Waals surface area contributed by atoms with Gasteiger partial charge in [-0.25, -0.2) is 5.10 Å². The second-order valence-electron chi connectivity index (χ2n) is 5.79. The molecule has 1 aliphatic rings. The Kier molecular flexibility index (Phi) is 4.45. The maximum atomic E-state index is 12.2. The fourth-order valence-electron chi connectivity index (χ4n) is 2.80. The predicted octanol–water partition coefficient (Wildman–Crippen LogP) is 0.709. The molecule has 1 fully saturated rings. The van der Waals surface area contributed by atoms with Gasteiger partial charge in [-0.2, -0.15) is 10.1 Å². The Bertz CT molecular complexity index is 735. The normalized spacial score (nSPS) is 14.6. The van der Waals surface area contributed by atoms with Gasteiger partial charge in [-0.15, -0.1) is 0 Å². The quantitative estimate of drug-likeness (QED) is 0.792. The van der Waals surface area contributed by atoms with Crippen molar-refractivity contribution in [3.8, 4) is 0 Å². The standard InChI is InChI=1S/C16H20N6O2/c1-11-4-3-5-13(12(11)2)21-6-8-22(9-7-21)15(24)14(23)19-16-17-10-18-20-16/h3-5,10H,6-9H2,1-2H3,(H2,17,18,19,20,23). The van der Waals surface area contributed by atoms with Gasteiger partial charge in [0.05, 0.1) is 0 Å². The molecule has 0 saturated carbocycles. The number of carbonyl (C=O) groups is 2. The summed E-state index contributed by atoms with van der Waals surface area (Å²) in [4.78, 5) is 31.8. The Morgan fingerprint density at radius 1 is 1.17 bits per heavy atom. The lowest BCUT2D eigenvalue weighted by Gasteiger charge is -2.36. The molecule has 3 rings (SSSR count). The molecule has 0 radical (unpaired) electrons. The van der Waals surface area contributed by atoms with E-state index in [1.54, 1.807) is 4.90 Å². The lowest BCUT2D eigenvalue weighted by atomic mass is 10.1. The van der Waals surface area contributed by atoms with E-state index in [-0.39, 0.29) is 5.95 Å². The third-order valence-electron chi connectivity index (χ3n) is 4.32. The molecule has 1 aromatic carbocycles. The molecule has 1 aromatic heterocycles. The van der Waals surface area contributed by atoms with Crippen molar-refractivity contribution in [3.63, 3.8) is 0 Å². The second kappa shape index (κ2) is 6.69. The molecule has 2 N–H and O–H groups in total. The van der Waals surface area contributed by atoms with Crippen molar-refractivity contribution in [3.05, 3.63) is 35.7 Å². The minimum Gasteiger partial charge on any atom is -0.368 e. The van der Waals surface area contributed by atoms with E-state index in [0.29, 0.717) is 26.2 Å². The first kappa shape index (κ1) is 16.0. The van der Waals surface area contributed by atoms with E-state index < -0.39 is 11.8 Å². The summed E-state index contributed by atoms with van der Waals surface area (Å²) in [6.45, 7) is 6.61. The average molecular weight is 328 g/mol. The molecule has 0 spiro atoms. The van der Waals surface area contributed by atoms with Gasteiger partial charge in [0.15, 0.2) is 0 Å². The first-order chi connectivity index (χ1) is 11.6. The van der Waals surface area contributed by atoms with Crippen LogP contribution < -0.4 is 10.2 Å². The van der Waals surface area contributed by atoms with Crippen LogP contribution in [0.5, 0.6) is 0 Å². The van der Waals surface area contributed by atoms with E-state index in [4.69, 9.17) is 0 Å². The van der Waals surface area contributed by atoms with Crippen molar-refractivity contribution >= 4 is 23.5 Å². The van der Waals surface area contributed by atoms with Gasteiger partial charge in [0, 0.05) is 31.9 Å². The Morgan fingerprint density at radius 3 is 2.58 bits per heavy atom. The third-order valence-corrected chi connectivity index (χ3v) is 4.32. The number of rotatable bonds is 2. The van der Waals surface area contributed by atoms with Crippen molar-refractivity contribution in [2.24, 2.45) is 0 Å². The molecule has 8 heteroatoms. The molecule has 2 amide bonds. The number of amides is 2. The van der Waals surface area contributed by atoms with Crippen molar-refractivity contribution in [1.29, 1.82) is 0 Å². The molecule has 0 atom stereocenters. The van der Waals surface area contributed by atoms with Crippen LogP contribution >= 0.6 is 0 Å². The van der Waals surface area contributed by atoms with Gasteiger partial charge in [-0.05, 0) is 31.0 Å². The summed E-state index contributed by atoms with van der Waals surface area (Å²) >= 11 is 0. The Balaban J connectivity index is 1.59. The van der Waals surface area contributed by atoms with Gasteiger partial charge in [0.2, 0.25) is 5.95 Å². The molecule has 0 bridgehead atoms. The summed E-state index contributed by atoms with van der Waals surface area (Å²) in [6.07, 6.45) is 1.27. The van der Waals surface area contributed by atoms with Crippen molar-refractivity contribution in [2.45, 2.75) is 13.8 Å². The molecule has 24 heavy (non-hydrogen) atoms. The molecule has 2 aromatic rings. The van der Waals surface area contributed by atoms with E-state index in [1.165, 1.54) is 23.1 Å². The van der Waals surface area contributed by atoms with Gasteiger partial charge in [-0.1, -0.05) is 12.1 Å². The Morgan fingerprint density at radius 2 is 1.92 bits per heavy atom. The molecule has 0 unspecified atom stereocenters. The average Bonchev–Trinajstić information content (AvgIpc) is 3.10. The van der Waals surface area contributed by atoms with Crippen LogP contribution in [0.1, 0.15) is 11.1 Å². The zero-order chi connectivity index (χ0) is 17.1. The monoisotopic (exact) mass is 328 g/mol. The number of piperazine rings is 1. The summed E-state index contributed by atoms with van der Waals surface area (Å²) in [5.41, 5.74) is 3.69. The van der Waals surface area contributed by atoms with Crippen LogP contribution in [0.4, 0.5) is 11.6 Å². The van der Waals surface area contributed by atoms with E-state index in [1.807, 2.05) is 6.07 Å². The molecule has 126 valence electrons. The predicted molar refractivity (Wildman–Crippen MR) is 89.7 cm³/mol. The first-order valence-electron chi connectivity index (χ1n) is 7.83. The smallest absolute Gasteiger partial charge is 0.316 e. The van der Waals surface area contributed by atoms with Crippen LogP contribution in [-0.4, -0.2) is 58.1 Å². The number of nitrogens with one attached hydrogen (secondary N) is 2. The SMILES string of the molecule is Cc1cccc(N2CCN(C(=O)C(=O)Nc3ncn[nH]3)CC2)c1C. The highest BCUT2D eigenvalue weighted by Crippen LogP contribution is 2.23. The van der Waals surface area contributed by atoms with E-state index in [0.717, 1.165) is 0 Å².